The maximum Gasteiger partial charge on any atom is 0.240 e. The summed E-state index contributed by atoms with van der Waals surface area (Å²) in [5, 5.41) is 6.63. The molecule has 2 N–H and O–H groups in total. The van der Waals surface area contributed by atoms with Crippen LogP contribution >= 0.6 is 0 Å². The van der Waals surface area contributed by atoms with Crippen molar-refractivity contribution in [1.29, 1.82) is 0 Å². The predicted molar refractivity (Wildman–Crippen MR) is 80.6 cm³/mol. The molecule has 0 aromatic carbocycles. The summed E-state index contributed by atoms with van der Waals surface area (Å²) >= 11 is 0. The summed E-state index contributed by atoms with van der Waals surface area (Å²) in [7, 11) is 2.27. The molecule has 20 heavy (non-hydrogen) atoms. The van der Waals surface area contributed by atoms with Crippen LogP contribution < -0.4 is 10.6 Å². The Labute approximate surface area is 122 Å². The van der Waals surface area contributed by atoms with Gasteiger partial charge < -0.3 is 15.5 Å². The monoisotopic (exact) mass is 279 g/mol. The Balaban J connectivity index is 1.49. The van der Waals surface area contributed by atoms with Crippen molar-refractivity contribution in [3.63, 3.8) is 0 Å². The number of hydrogen-bond acceptors (Lipinski definition) is 3. The fraction of sp³-hybridized carbons (Fsp3) is 0.938. The number of nitrogens with zero attached hydrogens (tertiary/aromatic N) is 1. The average Bonchev–Trinajstić information content (AvgIpc) is 2.67. The third-order valence-electron chi connectivity index (χ3n) is 5.87. The molecule has 1 amide bonds. The standard InChI is InChI=1S/C16H29N3O/c1-16(7-3-4-8-18-16)15(20)17-11-12-9-13-5-6-14(10-12)19(13)2/h12-14,18H,3-11H2,1-2H3,(H,17,20). The summed E-state index contributed by atoms with van der Waals surface area (Å²) < 4.78 is 0. The largest absolute Gasteiger partial charge is 0.354 e. The van der Waals surface area contributed by atoms with E-state index in [9.17, 15) is 4.79 Å². The Bertz CT molecular complexity index is 351. The molecule has 114 valence electrons. The minimum absolute atomic E-state index is 0.212. The summed E-state index contributed by atoms with van der Waals surface area (Å²) in [6.45, 7) is 3.90. The first-order valence-electron chi connectivity index (χ1n) is 8.34. The van der Waals surface area contributed by atoms with Crippen LogP contribution in [-0.2, 0) is 4.79 Å². The van der Waals surface area contributed by atoms with E-state index in [4.69, 9.17) is 0 Å². The van der Waals surface area contributed by atoms with Gasteiger partial charge in [-0.3, -0.25) is 4.79 Å². The van der Waals surface area contributed by atoms with Crippen LogP contribution in [-0.4, -0.2) is 48.6 Å². The van der Waals surface area contributed by atoms with E-state index >= 15 is 0 Å². The molecule has 3 atom stereocenters. The van der Waals surface area contributed by atoms with Crippen LogP contribution in [0, 0.1) is 5.92 Å². The molecule has 3 fully saturated rings. The van der Waals surface area contributed by atoms with Gasteiger partial charge in [0.1, 0.15) is 0 Å². The minimum Gasteiger partial charge on any atom is -0.354 e. The molecule has 0 aromatic heterocycles. The zero-order valence-electron chi connectivity index (χ0n) is 13.0. The molecule has 3 aliphatic heterocycles. The highest BCUT2D eigenvalue weighted by Crippen LogP contribution is 2.37. The van der Waals surface area contributed by atoms with Crippen LogP contribution in [0.4, 0.5) is 0 Å². The van der Waals surface area contributed by atoms with Crippen molar-refractivity contribution >= 4 is 5.91 Å². The molecular weight excluding hydrogens is 250 g/mol. The SMILES string of the molecule is CN1C2CCC1CC(CNC(=O)C1(C)CCCCN1)C2. The summed E-state index contributed by atoms with van der Waals surface area (Å²) in [4.78, 5) is 15.0. The Kier molecular flexibility index (Phi) is 4.04. The number of carbonyl (C=O) groups excluding carboxylic acids is 1. The number of hydrogen-bond donors (Lipinski definition) is 2. The van der Waals surface area contributed by atoms with Crippen LogP contribution in [0.25, 0.3) is 0 Å². The second-order valence-electron chi connectivity index (χ2n) is 7.31. The van der Waals surface area contributed by atoms with Gasteiger partial charge >= 0.3 is 0 Å². The zero-order valence-corrected chi connectivity index (χ0v) is 13.0. The Morgan fingerprint density at radius 2 is 2.00 bits per heavy atom. The maximum atomic E-state index is 12.4. The third-order valence-corrected chi connectivity index (χ3v) is 5.87. The lowest BCUT2D eigenvalue weighted by Crippen LogP contribution is -2.57. The number of nitrogens with one attached hydrogen (secondary N) is 2. The predicted octanol–water partition coefficient (Wildman–Crippen LogP) is 1.51. The molecule has 3 aliphatic rings. The molecule has 0 spiro atoms. The van der Waals surface area contributed by atoms with Gasteiger partial charge in [0, 0.05) is 18.6 Å². The van der Waals surface area contributed by atoms with Gasteiger partial charge in [0.15, 0.2) is 0 Å². The second kappa shape index (κ2) is 5.64. The Morgan fingerprint density at radius 3 is 2.60 bits per heavy atom. The summed E-state index contributed by atoms with van der Waals surface area (Å²) in [6, 6.07) is 1.53. The van der Waals surface area contributed by atoms with Gasteiger partial charge in [0.25, 0.3) is 0 Å². The van der Waals surface area contributed by atoms with Crippen molar-refractivity contribution in [1.82, 2.24) is 15.5 Å². The number of amides is 1. The Hall–Kier alpha value is -0.610. The molecular formula is C16H29N3O. The van der Waals surface area contributed by atoms with Gasteiger partial charge in [0.2, 0.25) is 5.91 Å². The van der Waals surface area contributed by atoms with Crippen molar-refractivity contribution in [2.24, 2.45) is 5.92 Å². The fourth-order valence-electron chi connectivity index (χ4n) is 4.37. The van der Waals surface area contributed by atoms with Crippen molar-refractivity contribution in [3.05, 3.63) is 0 Å². The maximum absolute atomic E-state index is 12.4. The fourth-order valence-corrected chi connectivity index (χ4v) is 4.37. The van der Waals surface area contributed by atoms with Gasteiger partial charge in [-0.25, -0.2) is 0 Å². The van der Waals surface area contributed by atoms with Crippen LogP contribution in [0.3, 0.4) is 0 Å². The lowest BCUT2D eigenvalue weighted by atomic mass is 9.88. The molecule has 3 heterocycles. The van der Waals surface area contributed by atoms with Crippen LogP contribution in [0.1, 0.15) is 51.9 Å². The first-order valence-corrected chi connectivity index (χ1v) is 8.34. The Morgan fingerprint density at radius 1 is 1.30 bits per heavy atom. The average molecular weight is 279 g/mol. The van der Waals surface area contributed by atoms with E-state index in [1.165, 1.54) is 32.1 Å². The quantitative estimate of drug-likeness (QED) is 0.823. The van der Waals surface area contributed by atoms with Crippen molar-refractivity contribution in [2.45, 2.75) is 69.5 Å². The molecule has 0 saturated carbocycles. The lowest BCUT2D eigenvalue weighted by Gasteiger charge is -2.38. The van der Waals surface area contributed by atoms with E-state index in [2.05, 4.69) is 29.5 Å². The van der Waals surface area contributed by atoms with Crippen molar-refractivity contribution in [2.75, 3.05) is 20.1 Å². The highest BCUT2D eigenvalue weighted by molar-refractivity contribution is 5.85. The van der Waals surface area contributed by atoms with E-state index in [0.29, 0.717) is 5.92 Å². The van der Waals surface area contributed by atoms with E-state index in [1.807, 2.05) is 0 Å². The first kappa shape index (κ1) is 14.3. The summed E-state index contributed by atoms with van der Waals surface area (Å²) in [5.74, 6) is 0.892. The molecule has 3 unspecified atom stereocenters. The summed E-state index contributed by atoms with van der Waals surface area (Å²) in [5.41, 5.74) is -0.331. The molecule has 2 bridgehead atoms. The van der Waals surface area contributed by atoms with E-state index < -0.39 is 0 Å². The normalized spacial score (nSPS) is 41.6. The highest BCUT2D eigenvalue weighted by Gasteiger charge is 2.39. The molecule has 4 nitrogen and oxygen atoms in total. The van der Waals surface area contributed by atoms with Gasteiger partial charge in [-0.1, -0.05) is 0 Å². The minimum atomic E-state index is -0.331. The van der Waals surface area contributed by atoms with Gasteiger partial charge in [0.05, 0.1) is 5.54 Å². The van der Waals surface area contributed by atoms with Crippen molar-refractivity contribution < 1.29 is 4.79 Å². The second-order valence-corrected chi connectivity index (χ2v) is 7.31. The number of carbonyl (C=O) groups is 1. The van der Waals surface area contributed by atoms with E-state index in [-0.39, 0.29) is 11.4 Å². The molecule has 3 rings (SSSR count). The lowest BCUT2D eigenvalue weighted by molar-refractivity contribution is -0.128. The molecule has 0 radical (unpaired) electrons. The molecule has 0 aromatic rings. The van der Waals surface area contributed by atoms with E-state index in [1.54, 1.807) is 0 Å². The van der Waals surface area contributed by atoms with Gasteiger partial charge in [-0.05, 0) is 71.4 Å². The zero-order chi connectivity index (χ0) is 14.2. The molecule has 0 aliphatic carbocycles. The topological polar surface area (TPSA) is 44.4 Å². The smallest absolute Gasteiger partial charge is 0.240 e. The number of piperidine rings is 2. The number of rotatable bonds is 3. The first-order chi connectivity index (χ1) is 9.58. The van der Waals surface area contributed by atoms with E-state index in [0.717, 1.165) is 38.0 Å². The van der Waals surface area contributed by atoms with Crippen molar-refractivity contribution in [3.8, 4) is 0 Å². The third kappa shape index (κ3) is 2.73. The summed E-state index contributed by atoms with van der Waals surface area (Å²) in [6.07, 6.45) is 8.55. The van der Waals surface area contributed by atoms with Gasteiger partial charge in [-0.15, -0.1) is 0 Å². The van der Waals surface area contributed by atoms with Gasteiger partial charge in [-0.2, -0.15) is 0 Å². The molecule has 3 saturated heterocycles. The van der Waals surface area contributed by atoms with Crippen LogP contribution in [0.2, 0.25) is 0 Å². The molecule has 4 heteroatoms. The number of fused-ring (bicyclic) bond motifs is 2. The highest BCUT2D eigenvalue weighted by atomic mass is 16.2. The van der Waals surface area contributed by atoms with Crippen LogP contribution in [0.5, 0.6) is 0 Å². The van der Waals surface area contributed by atoms with Crippen LogP contribution in [0.15, 0.2) is 0 Å².